The van der Waals surface area contributed by atoms with E-state index >= 15 is 0 Å². The van der Waals surface area contributed by atoms with Crippen molar-refractivity contribution in [2.24, 2.45) is 11.8 Å². The van der Waals surface area contributed by atoms with E-state index in [9.17, 15) is 8.42 Å². The summed E-state index contributed by atoms with van der Waals surface area (Å²) < 4.78 is 28.2. The van der Waals surface area contributed by atoms with Crippen molar-refractivity contribution < 1.29 is 8.42 Å². The maximum atomic E-state index is 12.4. The Hall–Kier alpha value is -0.700. The van der Waals surface area contributed by atoms with Gasteiger partial charge in [0.25, 0.3) is 0 Å². The number of hydrogen-bond acceptors (Lipinski definition) is 5. The Bertz CT molecular complexity index is 571. The lowest BCUT2D eigenvalue weighted by Crippen LogP contribution is -2.37. The van der Waals surface area contributed by atoms with Crippen LogP contribution in [0, 0.1) is 5.92 Å². The van der Waals surface area contributed by atoms with Gasteiger partial charge in [0.05, 0.1) is 0 Å². The number of nitrogens with two attached hydrogens (primary N) is 1. The molecule has 1 aliphatic rings. The molecule has 1 saturated carbocycles. The van der Waals surface area contributed by atoms with Gasteiger partial charge in [-0.05, 0) is 53.6 Å². The van der Waals surface area contributed by atoms with Crippen molar-refractivity contribution in [2.75, 3.05) is 5.43 Å². The second-order valence-corrected chi connectivity index (χ2v) is 7.82. The van der Waals surface area contributed by atoms with Crippen LogP contribution < -0.4 is 16.0 Å². The van der Waals surface area contributed by atoms with Gasteiger partial charge in [-0.2, -0.15) is 0 Å². The van der Waals surface area contributed by atoms with Crippen LogP contribution in [0.3, 0.4) is 0 Å². The molecule has 112 valence electrons. The van der Waals surface area contributed by atoms with Gasteiger partial charge in [0.15, 0.2) is 5.82 Å². The molecule has 2 rings (SSSR count). The quantitative estimate of drug-likeness (QED) is 0.562. The third-order valence-corrected chi connectivity index (χ3v) is 5.55. The molecular weight excluding hydrogens is 344 g/mol. The molecule has 0 radical (unpaired) electrons. The van der Waals surface area contributed by atoms with E-state index < -0.39 is 10.0 Å². The van der Waals surface area contributed by atoms with Gasteiger partial charge in [0.2, 0.25) is 10.0 Å². The molecule has 0 amide bonds. The van der Waals surface area contributed by atoms with Crippen LogP contribution in [0.5, 0.6) is 0 Å². The minimum Gasteiger partial charge on any atom is -0.307 e. The maximum absolute atomic E-state index is 12.4. The third-order valence-electron chi connectivity index (χ3n) is 3.58. The molecule has 0 saturated heterocycles. The van der Waals surface area contributed by atoms with E-state index in [2.05, 4.69) is 38.0 Å². The highest BCUT2D eigenvalue weighted by Gasteiger charge is 2.26. The smallest absolute Gasteiger partial charge is 0.244 e. The molecule has 0 spiro atoms. The van der Waals surface area contributed by atoms with E-state index in [0.29, 0.717) is 10.4 Å². The fraction of sp³-hybridized carbons (Fsp3) is 0.583. The predicted octanol–water partition coefficient (Wildman–Crippen LogP) is 1.99. The van der Waals surface area contributed by atoms with Crippen LogP contribution in [0.4, 0.5) is 5.82 Å². The summed E-state index contributed by atoms with van der Waals surface area (Å²) in [5, 5.41) is 0. The predicted molar refractivity (Wildman–Crippen MR) is 81.5 cm³/mol. The molecule has 1 fully saturated rings. The van der Waals surface area contributed by atoms with Crippen LogP contribution in [0.15, 0.2) is 21.6 Å². The lowest BCUT2D eigenvalue weighted by molar-refractivity contribution is 0.332. The number of pyridine rings is 1. The van der Waals surface area contributed by atoms with Gasteiger partial charge in [-0.1, -0.05) is 6.92 Å². The average Bonchev–Trinajstić information content (AvgIpc) is 2.41. The van der Waals surface area contributed by atoms with Crippen molar-refractivity contribution in [3.8, 4) is 0 Å². The summed E-state index contributed by atoms with van der Waals surface area (Å²) in [6.45, 7) is 2.19. The second-order valence-electron chi connectivity index (χ2n) is 5.22. The van der Waals surface area contributed by atoms with Crippen molar-refractivity contribution >= 4 is 31.8 Å². The van der Waals surface area contributed by atoms with E-state index in [1.54, 1.807) is 0 Å². The Labute approximate surface area is 127 Å². The number of halogens is 1. The molecule has 1 aliphatic carbocycles. The zero-order valence-corrected chi connectivity index (χ0v) is 13.7. The Morgan fingerprint density at radius 1 is 1.35 bits per heavy atom. The highest BCUT2D eigenvalue weighted by molar-refractivity contribution is 9.10. The van der Waals surface area contributed by atoms with E-state index in [-0.39, 0.29) is 16.8 Å². The molecule has 0 aliphatic heterocycles. The van der Waals surface area contributed by atoms with Crippen molar-refractivity contribution in [2.45, 2.75) is 43.5 Å². The van der Waals surface area contributed by atoms with Crippen LogP contribution in [-0.4, -0.2) is 19.4 Å². The second kappa shape index (κ2) is 6.38. The summed E-state index contributed by atoms with van der Waals surface area (Å²) in [5.74, 6) is 6.14. The minimum absolute atomic E-state index is 0.0131. The topological polar surface area (TPSA) is 97.1 Å². The Morgan fingerprint density at radius 2 is 2.00 bits per heavy atom. The summed E-state index contributed by atoms with van der Waals surface area (Å²) in [5.41, 5.74) is 2.32. The maximum Gasteiger partial charge on any atom is 0.244 e. The molecule has 1 heterocycles. The lowest BCUT2D eigenvalue weighted by atomic mass is 9.88. The van der Waals surface area contributed by atoms with Crippen molar-refractivity contribution in [1.29, 1.82) is 0 Å². The number of hydrogen-bond donors (Lipinski definition) is 3. The SMILES string of the molecule is CC1CCC(NS(=O)(=O)c2cc(Br)cnc2NN)CC1. The lowest BCUT2D eigenvalue weighted by Gasteiger charge is -2.26. The van der Waals surface area contributed by atoms with E-state index in [1.165, 1.54) is 12.3 Å². The van der Waals surface area contributed by atoms with Gasteiger partial charge < -0.3 is 5.43 Å². The Kier molecular flexibility index (Phi) is 5.00. The van der Waals surface area contributed by atoms with Gasteiger partial charge >= 0.3 is 0 Å². The van der Waals surface area contributed by atoms with Gasteiger partial charge in [0, 0.05) is 16.7 Å². The minimum atomic E-state index is -3.63. The highest BCUT2D eigenvalue weighted by Crippen LogP contribution is 2.27. The summed E-state index contributed by atoms with van der Waals surface area (Å²) in [7, 11) is -3.63. The number of anilines is 1. The van der Waals surface area contributed by atoms with Crippen LogP contribution in [0.2, 0.25) is 0 Å². The standard InChI is InChI=1S/C12H19BrN4O2S/c1-8-2-4-10(5-3-8)17-20(18,19)11-6-9(13)7-15-12(11)16-14/h6-8,10,17H,2-5,14H2,1H3,(H,15,16). The number of nitrogens with one attached hydrogen (secondary N) is 2. The zero-order chi connectivity index (χ0) is 14.8. The zero-order valence-electron chi connectivity index (χ0n) is 11.3. The van der Waals surface area contributed by atoms with Crippen LogP contribution in [0.25, 0.3) is 0 Å². The van der Waals surface area contributed by atoms with Crippen LogP contribution >= 0.6 is 15.9 Å². The van der Waals surface area contributed by atoms with E-state index in [0.717, 1.165) is 25.7 Å². The number of sulfonamides is 1. The molecule has 0 atom stereocenters. The number of rotatable bonds is 4. The molecule has 8 heteroatoms. The monoisotopic (exact) mass is 362 g/mol. The number of aromatic nitrogens is 1. The Balaban J connectivity index is 2.20. The fourth-order valence-corrected chi connectivity index (χ4v) is 4.33. The first-order valence-corrected chi connectivity index (χ1v) is 8.84. The molecule has 6 nitrogen and oxygen atoms in total. The molecule has 0 aromatic carbocycles. The van der Waals surface area contributed by atoms with Crippen molar-refractivity contribution in [3.63, 3.8) is 0 Å². The molecule has 0 unspecified atom stereocenters. The largest absolute Gasteiger partial charge is 0.307 e. The van der Waals surface area contributed by atoms with Gasteiger partial charge in [0.1, 0.15) is 4.90 Å². The average molecular weight is 363 g/mol. The van der Waals surface area contributed by atoms with Crippen molar-refractivity contribution in [3.05, 3.63) is 16.7 Å². The fourth-order valence-electron chi connectivity index (χ4n) is 2.39. The van der Waals surface area contributed by atoms with E-state index in [1.807, 2.05) is 0 Å². The first-order chi connectivity index (χ1) is 9.42. The van der Waals surface area contributed by atoms with Crippen LogP contribution in [-0.2, 0) is 10.0 Å². The summed E-state index contributed by atoms with van der Waals surface area (Å²) in [6.07, 6.45) is 5.33. The molecule has 20 heavy (non-hydrogen) atoms. The Morgan fingerprint density at radius 3 is 2.60 bits per heavy atom. The summed E-state index contributed by atoms with van der Waals surface area (Å²) in [4.78, 5) is 4.03. The van der Waals surface area contributed by atoms with Crippen molar-refractivity contribution in [1.82, 2.24) is 9.71 Å². The number of hydrazine groups is 1. The van der Waals surface area contributed by atoms with Gasteiger partial charge in [-0.15, -0.1) is 0 Å². The summed E-state index contributed by atoms with van der Waals surface area (Å²) in [6, 6.07) is 1.48. The number of nitrogen functional groups attached to an aromatic ring is 1. The van der Waals surface area contributed by atoms with Gasteiger partial charge in [-0.25, -0.2) is 24.0 Å². The molecular formula is C12H19BrN4O2S. The normalized spacial score (nSPS) is 23.6. The summed E-state index contributed by atoms with van der Waals surface area (Å²) >= 11 is 3.23. The first kappa shape index (κ1) is 15.7. The van der Waals surface area contributed by atoms with Crippen LogP contribution in [0.1, 0.15) is 32.6 Å². The molecule has 0 bridgehead atoms. The highest BCUT2D eigenvalue weighted by atomic mass is 79.9. The molecule has 4 N–H and O–H groups in total. The van der Waals surface area contributed by atoms with E-state index in [4.69, 9.17) is 5.84 Å². The third kappa shape index (κ3) is 3.69. The number of nitrogens with zero attached hydrogens (tertiary/aromatic N) is 1. The van der Waals surface area contributed by atoms with Gasteiger partial charge in [-0.3, -0.25) is 0 Å². The molecule has 1 aromatic rings. The molecule has 1 aromatic heterocycles. The first-order valence-electron chi connectivity index (χ1n) is 6.57.